The SMILES string of the molecule is CCC1CN(c2ccc(N)c(C(=O)OC)c2)CCS1. The Morgan fingerprint density at radius 1 is 1.58 bits per heavy atom. The second-order valence-electron chi connectivity index (χ2n) is 4.61. The molecule has 1 saturated heterocycles. The van der Waals surface area contributed by atoms with Gasteiger partial charge >= 0.3 is 5.97 Å². The van der Waals surface area contributed by atoms with Crippen molar-refractivity contribution in [1.82, 2.24) is 0 Å². The molecule has 1 atom stereocenters. The second-order valence-corrected chi connectivity index (χ2v) is 6.02. The van der Waals surface area contributed by atoms with E-state index in [2.05, 4.69) is 11.8 Å². The van der Waals surface area contributed by atoms with E-state index in [1.165, 1.54) is 13.5 Å². The number of benzene rings is 1. The van der Waals surface area contributed by atoms with Gasteiger partial charge in [-0.1, -0.05) is 6.92 Å². The maximum Gasteiger partial charge on any atom is 0.340 e. The Morgan fingerprint density at radius 3 is 3.05 bits per heavy atom. The van der Waals surface area contributed by atoms with Crippen LogP contribution in [0.1, 0.15) is 23.7 Å². The maximum atomic E-state index is 11.7. The smallest absolute Gasteiger partial charge is 0.340 e. The molecule has 1 aliphatic rings. The van der Waals surface area contributed by atoms with Crippen LogP contribution < -0.4 is 10.6 Å². The first-order valence-electron chi connectivity index (χ1n) is 6.50. The largest absolute Gasteiger partial charge is 0.465 e. The molecule has 1 unspecified atom stereocenters. The minimum atomic E-state index is -0.377. The summed E-state index contributed by atoms with van der Waals surface area (Å²) in [7, 11) is 1.37. The lowest BCUT2D eigenvalue weighted by atomic mass is 10.1. The second kappa shape index (κ2) is 6.19. The summed E-state index contributed by atoms with van der Waals surface area (Å²) in [4.78, 5) is 14.0. The number of hydrogen-bond donors (Lipinski definition) is 1. The van der Waals surface area contributed by atoms with E-state index in [1.807, 2.05) is 23.9 Å². The Hall–Kier alpha value is -1.36. The van der Waals surface area contributed by atoms with Gasteiger partial charge in [0.05, 0.1) is 12.7 Å². The fourth-order valence-electron chi connectivity index (χ4n) is 2.23. The van der Waals surface area contributed by atoms with Gasteiger partial charge in [0.15, 0.2) is 0 Å². The first-order chi connectivity index (χ1) is 9.15. The average Bonchev–Trinajstić information content (AvgIpc) is 2.47. The predicted molar refractivity (Wildman–Crippen MR) is 80.9 cm³/mol. The number of hydrogen-bond acceptors (Lipinski definition) is 5. The Labute approximate surface area is 118 Å². The quantitative estimate of drug-likeness (QED) is 0.680. The van der Waals surface area contributed by atoms with Crippen LogP contribution in [0.2, 0.25) is 0 Å². The molecular weight excluding hydrogens is 260 g/mol. The van der Waals surface area contributed by atoms with Gasteiger partial charge in [-0.3, -0.25) is 0 Å². The Morgan fingerprint density at radius 2 is 2.37 bits per heavy atom. The molecule has 2 rings (SSSR count). The molecule has 0 spiro atoms. The van der Waals surface area contributed by atoms with E-state index in [0.717, 1.165) is 24.5 Å². The summed E-state index contributed by atoms with van der Waals surface area (Å²) in [5.41, 5.74) is 7.79. The van der Waals surface area contributed by atoms with Crippen molar-refractivity contribution in [3.05, 3.63) is 23.8 Å². The molecule has 1 fully saturated rings. The minimum absolute atomic E-state index is 0.377. The Bertz CT molecular complexity index is 465. The zero-order valence-electron chi connectivity index (χ0n) is 11.4. The highest BCUT2D eigenvalue weighted by Crippen LogP contribution is 2.28. The van der Waals surface area contributed by atoms with E-state index in [1.54, 1.807) is 6.07 Å². The molecule has 19 heavy (non-hydrogen) atoms. The molecular formula is C14H20N2O2S. The highest BCUT2D eigenvalue weighted by Gasteiger charge is 2.20. The number of rotatable bonds is 3. The third-order valence-electron chi connectivity index (χ3n) is 3.40. The van der Waals surface area contributed by atoms with Crippen molar-refractivity contribution < 1.29 is 9.53 Å². The van der Waals surface area contributed by atoms with Crippen molar-refractivity contribution in [2.75, 3.05) is 36.6 Å². The highest BCUT2D eigenvalue weighted by molar-refractivity contribution is 8.00. The fraction of sp³-hybridized carbons (Fsp3) is 0.500. The molecule has 0 aliphatic carbocycles. The van der Waals surface area contributed by atoms with Gasteiger partial charge in [-0.05, 0) is 24.6 Å². The number of thioether (sulfide) groups is 1. The van der Waals surface area contributed by atoms with Crippen LogP contribution in [-0.4, -0.2) is 37.2 Å². The number of carbonyl (C=O) groups excluding carboxylic acids is 1. The van der Waals surface area contributed by atoms with Crippen LogP contribution in [0.25, 0.3) is 0 Å². The summed E-state index contributed by atoms with van der Waals surface area (Å²) in [6.45, 7) is 4.24. The van der Waals surface area contributed by atoms with E-state index in [-0.39, 0.29) is 5.97 Å². The maximum absolute atomic E-state index is 11.7. The summed E-state index contributed by atoms with van der Waals surface area (Å²) in [6.07, 6.45) is 1.17. The lowest BCUT2D eigenvalue weighted by Crippen LogP contribution is -2.37. The molecule has 5 heteroatoms. The van der Waals surface area contributed by atoms with Gasteiger partial charge in [-0.25, -0.2) is 4.79 Å². The number of nitrogens with zero attached hydrogens (tertiary/aromatic N) is 1. The standard InChI is InChI=1S/C14H20N2O2S/c1-3-11-9-16(6-7-19-11)10-4-5-13(15)12(8-10)14(17)18-2/h4-5,8,11H,3,6-7,9,15H2,1-2H3. The molecule has 0 radical (unpaired) electrons. The first kappa shape index (κ1) is 14.1. The monoisotopic (exact) mass is 280 g/mol. The third kappa shape index (κ3) is 3.15. The number of anilines is 2. The van der Waals surface area contributed by atoms with Crippen molar-refractivity contribution in [1.29, 1.82) is 0 Å². The van der Waals surface area contributed by atoms with Crippen molar-refractivity contribution >= 4 is 29.1 Å². The normalized spacial score (nSPS) is 19.3. The number of nitrogens with two attached hydrogens (primary N) is 1. The highest BCUT2D eigenvalue weighted by atomic mass is 32.2. The summed E-state index contributed by atoms with van der Waals surface area (Å²) in [5, 5.41) is 0.660. The van der Waals surface area contributed by atoms with Crippen LogP contribution >= 0.6 is 11.8 Å². The van der Waals surface area contributed by atoms with Crippen LogP contribution in [0, 0.1) is 0 Å². The predicted octanol–water partition coefficient (Wildman–Crippen LogP) is 2.39. The first-order valence-corrected chi connectivity index (χ1v) is 7.55. The van der Waals surface area contributed by atoms with E-state index in [9.17, 15) is 4.79 Å². The van der Waals surface area contributed by atoms with Crippen molar-refractivity contribution in [3.8, 4) is 0 Å². The van der Waals surface area contributed by atoms with E-state index in [0.29, 0.717) is 16.5 Å². The number of nitrogen functional groups attached to an aromatic ring is 1. The lowest BCUT2D eigenvalue weighted by molar-refractivity contribution is 0.0602. The van der Waals surface area contributed by atoms with Gasteiger partial charge in [0, 0.05) is 35.5 Å². The molecule has 0 aromatic heterocycles. The molecule has 1 aromatic rings. The topological polar surface area (TPSA) is 55.6 Å². The van der Waals surface area contributed by atoms with Crippen LogP contribution in [0.4, 0.5) is 11.4 Å². The number of carbonyl (C=O) groups is 1. The zero-order chi connectivity index (χ0) is 13.8. The van der Waals surface area contributed by atoms with E-state index >= 15 is 0 Å². The van der Waals surface area contributed by atoms with Gasteiger partial charge in [0.2, 0.25) is 0 Å². The van der Waals surface area contributed by atoms with Gasteiger partial charge < -0.3 is 15.4 Å². The number of esters is 1. The zero-order valence-corrected chi connectivity index (χ0v) is 12.2. The van der Waals surface area contributed by atoms with Crippen LogP contribution in [0.3, 0.4) is 0 Å². The summed E-state index contributed by atoms with van der Waals surface area (Å²) in [5.74, 6) is 0.744. The molecule has 104 valence electrons. The Kier molecular flexibility index (Phi) is 4.58. The molecule has 0 bridgehead atoms. The molecule has 4 nitrogen and oxygen atoms in total. The average molecular weight is 280 g/mol. The summed E-state index contributed by atoms with van der Waals surface area (Å²) >= 11 is 2.02. The summed E-state index contributed by atoms with van der Waals surface area (Å²) < 4.78 is 4.76. The molecule has 1 heterocycles. The minimum Gasteiger partial charge on any atom is -0.465 e. The molecule has 0 saturated carbocycles. The number of ether oxygens (including phenoxy) is 1. The summed E-state index contributed by atoms with van der Waals surface area (Å²) in [6, 6.07) is 5.60. The molecule has 2 N–H and O–H groups in total. The van der Waals surface area contributed by atoms with Crippen molar-refractivity contribution in [2.45, 2.75) is 18.6 Å². The van der Waals surface area contributed by atoms with Crippen molar-refractivity contribution in [3.63, 3.8) is 0 Å². The molecule has 1 aliphatic heterocycles. The van der Waals surface area contributed by atoms with Gasteiger partial charge in [-0.15, -0.1) is 0 Å². The Balaban J connectivity index is 2.22. The van der Waals surface area contributed by atoms with Gasteiger partial charge in [0.25, 0.3) is 0 Å². The van der Waals surface area contributed by atoms with Gasteiger partial charge in [-0.2, -0.15) is 11.8 Å². The fourth-order valence-corrected chi connectivity index (χ4v) is 3.41. The lowest BCUT2D eigenvalue weighted by Gasteiger charge is -2.34. The van der Waals surface area contributed by atoms with Crippen molar-refractivity contribution in [2.24, 2.45) is 0 Å². The van der Waals surface area contributed by atoms with Crippen LogP contribution in [0.5, 0.6) is 0 Å². The van der Waals surface area contributed by atoms with E-state index in [4.69, 9.17) is 10.5 Å². The molecule has 1 aromatic carbocycles. The number of methoxy groups -OCH3 is 1. The van der Waals surface area contributed by atoms with E-state index < -0.39 is 0 Å². The van der Waals surface area contributed by atoms with Crippen LogP contribution in [-0.2, 0) is 4.74 Å². The molecule has 0 amide bonds. The van der Waals surface area contributed by atoms with Gasteiger partial charge in [0.1, 0.15) is 0 Å². The van der Waals surface area contributed by atoms with Crippen LogP contribution in [0.15, 0.2) is 18.2 Å². The third-order valence-corrected chi connectivity index (χ3v) is 4.77.